The Morgan fingerprint density at radius 3 is 2.28 bits per heavy atom. The number of amides is 2. The highest BCUT2D eigenvalue weighted by atomic mass is 79.9. The highest BCUT2D eigenvalue weighted by Crippen LogP contribution is 2.57. The molecule has 3 aliphatic carbocycles. The van der Waals surface area contributed by atoms with Gasteiger partial charge in [-0.3, -0.25) is 24.1 Å². The van der Waals surface area contributed by atoms with Gasteiger partial charge in [0.25, 0.3) is 0 Å². The largest absolute Gasteiger partial charge is 0.507 e. The molecule has 0 saturated carbocycles. The zero-order valence-electron chi connectivity index (χ0n) is 24.4. The van der Waals surface area contributed by atoms with E-state index < -0.39 is 23.7 Å². The number of aromatic hydroxyl groups is 1. The Labute approximate surface area is 273 Å². The van der Waals surface area contributed by atoms with Crippen LogP contribution in [-0.2, 0) is 19.2 Å². The molecule has 8 rings (SSSR count). The zero-order chi connectivity index (χ0) is 31.7. The maximum absolute atomic E-state index is 14.3. The number of carbonyl (C=O) groups is 4. The molecule has 4 aromatic rings. The first-order valence-corrected chi connectivity index (χ1v) is 16.0. The average Bonchev–Trinajstić information content (AvgIpc) is 3.33. The topological polar surface area (TPSA) is 104 Å². The van der Waals surface area contributed by atoms with Crippen molar-refractivity contribution in [1.29, 1.82) is 0 Å². The first kappa shape index (κ1) is 28.4. The van der Waals surface area contributed by atoms with Crippen LogP contribution in [0.2, 0.25) is 0 Å². The Morgan fingerprint density at radius 2 is 1.50 bits per heavy atom. The fourth-order valence-electron chi connectivity index (χ4n) is 7.70. The highest BCUT2D eigenvalue weighted by Gasteiger charge is 2.57. The second kappa shape index (κ2) is 10.8. The number of carbonyl (C=O) groups excluding carboxylic acids is 4. The molecule has 46 heavy (non-hydrogen) atoms. The number of anilines is 3. The first-order valence-electron chi connectivity index (χ1n) is 15.2. The molecule has 0 bridgehead atoms. The Kier molecular flexibility index (Phi) is 6.65. The molecule has 1 heterocycles. The maximum Gasteiger partial charge on any atom is 0.238 e. The number of allylic oxidation sites excluding steroid dienone is 6. The van der Waals surface area contributed by atoms with E-state index in [4.69, 9.17) is 0 Å². The predicted octanol–water partition coefficient (Wildman–Crippen LogP) is 7.26. The quantitative estimate of drug-likeness (QED) is 0.135. The van der Waals surface area contributed by atoms with Crippen LogP contribution in [0.4, 0.5) is 17.1 Å². The summed E-state index contributed by atoms with van der Waals surface area (Å²) < 4.78 is 0.164. The lowest BCUT2D eigenvalue weighted by Gasteiger charge is -2.42. The molecule has 4 aromatic carbocycles. The number of Topliss-reactive ketones (excluding diaryl/α,β-unsaturated/α-hetero) is 1. The van der Waals surface area contributed by atoms with E-state index in [1.165, 1.54) is 11.0 Å². The number of hydrogen-bond acceptors (Lipinski definition) is 6. The highest BCUT2D eigenvalue weighted by molar-refractivity contribution is 9.12. The molecule has 2 N–H and O–H groups in total. The summed E-state index contributed by atoms with van der Waals surface area (Å²) >= 11 is 3.27. The number of ketones is 2. The Balaban J connectivity index is 1.19. The van der Waals surface area contributed by atoms with Crippen LogP contribution in [0.15, 0.2) is 124 Å². The zero-order valence-corrected chi connectivity index (χ0v) is 26.0. The number of halogens is 1. The number of benzene rings is 4. The van der Waals surface area contributed by atoms with Gasteiger partial charge in [-0.05, 0) is 76.5 Å². The van der Waals surface area contributed by atoms with Crippen LogP contribution in [0.3, 0.4) is 0 Å². The first-order chi connectivity index (χ1) is 22.3. The normalized spacial score (nSPS) is 24.0. The lowest BCUT2D eigenvalue weighted by atomic mass is 9.59. The number of fused-ring (bicyclic) bond motifs is 4. The van der Waals surface area contributed by atoms with Crippen LogP contribution in [0.5, 0.6) is 5.75 Å². The molecule has 0 radical (unpaired) electrons. The van der Waals surface area contributed by atoms with Crippen molar-refractivity contribution >= 4 is 67.1 Å². The van der Waals surface area contributed by atoms with Crippen LogP contribution in [0.1, 0.15) is 24.3 Å². The van der Waals surface area contributed by atoms with Crippen LogP contribution in [0.25, 0.3) is 10.8 Å². The maximum atomic E-state index is 14.3. The van der Waals surface area contributed by atoms with Crippen molar-refractivity contribution in [3.8, 4) is 5.75 Å². The second-order valence-electron chi connectivity index (χ2n) is 12.2. The van der Waals surface area contributed by atoms with Crippen molar-refractivity contribution < 1.29 is 24.3 Å². The minimum atomic E-state index is -0.729. The molecule has 1 saturated heterocycles. The van der Waals surface area contributed by atoms with Gasteiger partial charge in [0.1, 0.15) is 5.75 Å². The van der Waals surface area contributed by atoms with Gasteiger partial charge in [0.2, 0.25) is 11.8 Å². The lowest BCUT2D eigenvalue weighted by molar-refractivity contribution is -0.123. The summed E-state index contributed by atoms with van der Waals surface area (Å²) in [6, 6.07) is 28.0. The monoisotopic (exact) mass is 670 g/mol. The molecule has 2 amide bonds. The minimum absolute atomic E-state index is 0.0344. The molecule has 1 aliphatic heterocycles. The van der Waals surface area contributed by atoms with Gasteiger partial charge >= 0.3 is 0 Å². The van der Waals surface area contributed by atoms with Crippen molar-refractivity contribution in [2.75, 3.05) is 10.2 Å². The Morgan fingerprint density at radius 1 is 0.783 bits per heavy atom. The average molecular weight is 672 g/mol. The van der Waals surface area contributed by atoms with Gasteiger partial charge in [-0.25, -0.2) is 0 Å². The molecule has 0 aromatic heterocycles. The number of rotatable bonds is 4. The van der Waals surface area contributed by atoms with Gasteiger partial charge in [0.05, 0.1) is 22.0 Å². The molecule has 4 atom stereocenters. The number of phenols is 1. The third-order valence-corrected chi connectivity index (χ3v) is 10.4. The Bertz CT molecular complexity index is 2100. The predicted molar refractivity (Wildman–Crippen MR) is 179 cm³/mol. The van der Waals surface area contributed by atoms with Crippen molar-refractivity contribution in [3.05, 3.63) is 130 Å². The van der Waals surface area contributed by atoms with Crippen molar-refractivity contribution in [3.63, 3.8) is 0 Å². The number of hydrogen-bond donors (Lipinski definition) is 2. The molecule has 8 heteroatoms. The van der Waals surface area contributed by atoms with E-state index >= 15 is 0 Å². The number of para-hydroxylation sites is 1. The summed E-state index contributed by atoms with van der Waals surface area (Å²) in [5.74, 6) is -3.69. The molecular weight excluding hydrogens is 644 g/mol. The van der Waals surface area contributed by atoms with Crippen LogP contribution < -0.4 is 10.2 Å². The minimum Gasteiger partial charge on any atom is -0.507 e. The number of phenolic OH excluding ortho intramolecular Hbond substituents is 1. The smallest absolute Gasteiger partial charge is 0.238 e. The van der Waals surface area contributed by atoms with Gasteiger partial charge in [-0.1, -0.05) is 66.2 Å². The summed E-state index contributed by atoms with van der Waals surface area (Å²) in [7, 11) is 0. The third kappa shape index (κ3) is 4.31. The molecular formula is C38H27BrN2O5. The van der Waals surface area contributed by atoms with E-state index in [1.54, 1.807) is 18.2 Å². The van der Waals surface area contributed by atoms with Gasteiger partial charge in [0.15, 0.2) is 11.6 Å². The number of imide groups is 1. The van der Waals surface area contributed by atoms with Gasteiger partial charge in [-0.2, -0.15) is 0 Å². The van der Waals surface area contributed by atoms with E-state index in [0.717, 1.165) is 22.3 Å². The SMILES string of the molecule is O=C1C=C(Br)C(=O)C2=C1C(c1ccc3ccccc3c1O)C1=CCC3C(=O)N(c4ccc(Nc5ccccc5)cc4)C(=O)C3C1C2. The van der Waals surface area contributed by atoms with Crippen LogP contribution >= 0.6 is 15.9 Å². The molecule has 4 aliphatic rings. The lowest BCUT2D eigenvalue weighted by Crippen LogP contribution is -2.39. The standard InChI is InChI=1S/C38H27BrN2O5/c39-30-19-31(42)34-29(36(30)44)18-28-25(32(34)26-15-10-20-6-4-5-9-24(20)35(26)43)16-17-27-33(28)38(46)41(37(27)45)23-13-11-22(12-14-23)40-21-7-2-1-3-8-21/h1-16,19,27-28,32-33,40,43H,17-18H2. The van der Waals surface area contributed by atoms with E-state index in [-0.39, 0.29) is 40.0 Å². The van der Waals surface area contributed by atoms with Crippen molar-refractivity contribution in [2.24, 2.45) is 17.8 Å². The fraction of sp³-hybridized carbons (Fsp3) is 0.158. The molecule has 0 spiro atoms. The third-order valence-electron chi connectivity index (χ3n) is 9.76. The summed E-state index contributed by atoms with van der Waals surface area (Å²) in [5.41, 5.74) is 4.18. The summed E-state index contributed by atoms with van der Waals surface area (Å²) in [6.07, 6.45) is 3.73. The number of nitrogens with one attached hydrogen (secondary N) is 1. The molecule has 4 unspecified atom stereocenters. The van der Waals surface area contributed by atoms with Crippen molar-refractivity contribution in [1.82, 2.24) is 0 Å². The van der Waals surface area contributed by atoms with E-state index in [0.29, 0.717) is 34.2 Å². The van der Waals surface area contributed by atoms with Crippen LogP contribution in [0, 0.1) is 17.8 Å². The number of nitrogens with zero attached hydrogens (tertiary/aromatic N) is 1. The van der Waals surface area contributed by atoms with E-state index in [2.05, 4.69) is 21.2 Å². The summed E-state index contributed by atoms with van der Waals surface area (Å²) in [4.78, 5) is 56.6. The van der Waals surface area contributed by atoms with Gasteiger partial charge in [-0.15, -0.1) is 0 Å². The van der Waals surface area contributed by atoms with Crippen molar-refractivity contribution in [2.45, 2.75) is 18.8 Å². The fourth-order valence-corrected chi connectivity index (χ4v) is 8.15. The second-order valence-corrected chi connectivity index (χ2v) is 13.0. The molecule has 1 fully saturated rings. The molecule has 226 valence electrons. The van der Waals surface area contributed by atoms with Crippen LogP contribution in [-0.4, -0.2) is 28.5 Å². The van der Waals surface area contributed by atoms with E-state index in [1.807, 2.05) is 78.9 Å². The van der Waals surface area contributed by atoms with Gasteiger partial charge < -0.3 is 10.4 Å². The van der Waals surface area contributed by atoms with E-state index in [9.17, 15) is 24.3 Å². The summed E-state index contributed by atoms with van der Waals surface area (Å²) in [5, 5.41) is 16.4. The molecule has 7 nitrogen and oxygen atoms in total. The summed E-state index contributed by atoms with van der Waals surface area (Å²) in [6.45, 7) is 0. The Hall–Kier alpha value is -5.08. The van der Waals surface area contributed by atoms with Gasteiger partial charge in [0, 0.05) is 45.5 Å².